The summed E-state index contributed by atoms with van der Waals surface area (Å²) in [5.74, 6) is 0.346. The third-order valence-corrected chi connectivity index (χ3v) is 4.42. The first-order valence-electron chi connectivity index (χ1n) is 6.88. The molecule has 2 N–H and O–H groups in total. The minimum Gasteiger partial charge on any atom is -0.336 e. The second-order valence-electron chi connectivity index (χ2n) is 6.10. The van der Waals surface area contributed by atoms with Gasteiger partial charge in [-0.3, -0.25) is 9.59 Å². The molecule has 1 unspecified atom stereocenters. The van der Waals surface area contributed by atoms with Crippen molar-refractivity contribution in [1.29, 1.82) is 0 Å². The van der Waals surface area contributed by atoms with Crippen LogP contribution in [0.4, 0.5) is 0 Å². The number of hydrogen-bond acceptors (Lipinski definition) is 3. The van der Waals surface area contributed by atoms with Crippen LogP contribution in [0.2, 0.25) is 0 Å². The molecule has 0 spiro atoms. The highest BCUT2D eigenvalue weighted by molar-refractivity contribution is 5.91. The van der Waals surface area contributed by atoms with Crippen molar-refractivity contribution in [2.75, 3.05) is 19.6 Å². The summed E-state index contributed by atoms with van der Waals surface area (Å²) in [6.45, 7) is 3.34. The van der Waals surface area contributed by atoms with Crippen LogP contribution in [-0.2, 0) is 9.59 Å². The predicted octanol–water partition coefficient (Wildman–Crippen LogP) is 0.369. The van der Waals surface area contributed by atoms with E-state index in [0.717, 1.165) is 25.7 Å². The van der Waals surface area contributed by atoms with Crippen LogP contribution in [0.5, 0.6) is 0 Å². The number of halogens is 1. The third-order valence-electron chi connectivity index (χ3n) is 4.42. The molecule has 2 aliphatic carbocycles. The Balaban J connectivity index is 0.00000133. The van der Waals surface area contributed by atoms with Crippen molar-refractivity contribution >= 4 is 24.2 Å². The van der Waals surface area contributed by atoms with Gasteiger partial charge in [-0.15, -0.1) is 12.4 Å². The largest absolute Gasteiger partial charge is 0.336 e. The van der Waals surface area contributed by atoms with Crippen LogP contribution in [0.15, 0.2) is 0 Å². The second kappa shape index (κ2) is 4.94. The van der Waals surface area contributed by atoms with Gasteiger partial charge in [-0.2, -0.15) is 0 Å². The van der Waals surface area contributed by atoms with E-state index in [9.17, 15) is 9.59 Å². The summed E-state index contributed by atoms with van der Waals surface area (Å²) < 4.78 is 0. The highest BCUT2D eigenvalue weighted by Gasteiger charge is 2.47. The third kappa shape index (κ3) is 2.72. The van der Waals surface area contributed by atoms with Gasteiger partial charge in [0.15, 0.2) is 0 Å². The van der Waals surface area contributed by atoms with Gasteiger partial charge in [0.25, 0.3) is 0 Å². The molecular weight excluding hydrogens is 266 g/mol. The maximum atomic E-state index is 12.4. The second-order valence-corrected chi connectivity index (χ2v) is 6.10. The normalized spacial score (nSPS) is 26.7. The molecule has 1 aliphatic heterocycles. The first-order chi connectivity index (χ1) is 8.50. The zero-order valence-corrected chi connectivity index (χ0v) is 12.1. The van der Waals surface area contributed by atoms with Crippen molar-refractivity contribution in [3.05, 3.63) is 0 Å². The van der Waals surface area contributed by atoms with E-state index in [-0.39, 0.29) is 30.8 Å². The lowest BCUT2D eigenvalue weighted by molar-refractivity contribution is -0.148. The topological polar surface area (TPSA) is 66.6 Å². The van der Waals surface area contributed by atoms with Crippen molar-refractivity contribution in [2.24, 2.45) is 11.7 Å². The fourth-order valence-corrected chi connectivity index (χ4v) is 2.83. The lowest BCUT2D eigenvalue weighted by atomic mass is 9.95. The van der Waals surface area contributed by atoms with Crippen molar-refractivity contribution < 1.29 is 9.59 Å². The van der Waals surface area contributed by atoms with Crippen LogP contribution < -0.4 is 5.73 Å². The average molecular weight is 288 g/mol. The number of nitrogens with zero attached hydrogens (tertiary/aromatic N) is 2. The number of piperazine rings is 1. The summed E-state index contributed by atoms with van der Waals surface area (Å²) in [7, 11) is 0. The molecule has 3 aliphatic rings. The molecule has 1 saturated heterocycles. The van der Waals surface area contributed by atoms with Crippen LogP contribution in [0, 0.1) is 5.92 Å². The fraction of sp³-hybridized carbons (Fsp3) is 0.846. The van der Waals surface area contributed by atoms with E-state index < -0.39 is 5.54 Å². The van der Waals surface area contributed by atoms with Crippen molar-refractivity contribution in [3.63, 3.8) is 0 Å². The van der Waals surface area contributed by atoms with Gasteiger partial charge >= 0.3 is 0 Å². The minimum absolute atomic E-state index is 0. The Labute approximate surface area is 119 Å². The van der Waals surface area contributed by atoms with E-state index in [4.69, 9.17) is 5.73 Å². The quantitative estimate of drug-likeness (QED) is 0.815. The lowest BCUT2D eigenvalue weighted by Crippen LogP contribution is -2.61. The molecule has 0 radical (unpaired) electrons. The Morgan fingerprint density at radius 3 is 2.37 bits per heavy atom. The summed E-state index contributed by atoms with van der Waals surface area (Å²) in [4.78, 5) is 27.9. The summed E-state index contributed by atoms with van der Waals surface area (Å²) in [6.07, 6.45) is 4.32. The Morgan fingerprint density at radius 1 is 1.26 bits per heavy atom. The molecule has 2 amide bonds. The van der Waals surface area contributed by atoms with Crippen molar-refractivity contribution in [2.45, 2.75) is 44.2 Å². The van der Waals surface area contributed by atoms with E-state index in [2.05, 4.69) is 0 Å². The molecule has 108 valence electrons. The molecule has 0 bridgehead atoms. The molecule has 0 aromatic carbocycles. The number of nitrogens with two attached hydrogens (primary N) is 1. The first-order valence-corrected chi connectivity index (χ1v) is 6.88. The highest BCUT2D eigenvalue weighted by atomic mass is 35.5. The zero-order chi connectivity index (χ0) is 12.9. The van der Waals surface area contributed by atoms with Crippen LogP contribution >= 0.6 is 12.4 Å². The fourth-order valence-electron chi connectivity index (χ4n) is 2.83. The van der Waals surface area contributed by atoms with Gasteiger partial charge in [-0.25, -0.2) is 0 Å². The molecule has 3 rings (SSSR count). The van der Waals surface area contributed by atoms with E-state index in [0.29, 0.717) is 25.0 Å². The maximum absolute atomic E-state index is 12.4. The average Bonchev–Trinajstić information content (AvgIpc) is 3.18. The Morgan fingerprint density at radius 2 is 1.89 bits per heavy atom. The summed E-state index contributed by atoms with van der Waals surface area (Å²) in [5, 5.41) is 0. The number of carbonyl (C=O) groups is 2. The molecule has 3 fully saturated rings. The van der Waals surface area contributed by atoms with Gasteiger partial charge in [0, 0.05) is 19.1 Å². The molecule has 1 atom stereocenters. The molecule has 2 saturated carbocycles. The number of amides is 2. The summed E-state index contributed by atoms with van der Waals surface area (Å²) in [6, 6.07) is 0.447. The Bertz CT molecular complexity index is 391. The zero-order valence-electron chi connectivity index (χ0n) is 11.3. The van der Waals surface area contributed by atoms with Gasteiger partial charge in [-0.1, -0.05) is 0 Å². The molecule has 6 heteroatoms. The van der Waals surface area contributed by atoms with E-state index in [1.165, 1.54) is 0 Å². The van der Waals surface area contributed by atoms with Gasteiger partial charge in [0.2, 0.25) is 11.8 Å². The van der Waals surface area contributed by atoms with Crippen LogP contribution in [0.25, 0.3) is 0 Å². The van der Waals surface area contributed by atoms with E-state index in [1.54, 1.807) is 4.90 Å². The molecule has 1 heterocycles. The van der Waals surface area contributed by atoms with Crippen LogP contribution in [0.1, 0.15) is 32.6 Å². The highest BCUT2D eigenvalue weighted by Crippen LogP contribution is 2.39. The Kier molecular flexibility index (Phi) is 3.80. The molecule has 19 heavy (non-hydrogen) atoms. The molecule has 5 nitrogen and oxygen atoms in total. The van der Waals surface area contributed by atoms with Crippen molar-refractivity contribution in [3.8, 4) is 0 Å². The molecule has 0 aromatic rings. The Hall–Kier alpha value is -0.810. The SMILES string of the molecule is CC(N)(C(=O)N1CCN(C2CC2)C(=O)C1)C1CC1.Cl. The standard InChI is InChI=1S/C13H21N3O2.ClH/c1-13(14,9-2-3-9)12(18)15-6-7-16(10-4-5-10)11(17)8-15;/h9-10H,2-8,14H2,1H3;1H. The smallest absolute Gasteiger partial charge is 0.243 e. The van der Waals surface area contributed by atoms with Gasteiger partial charge in [0.05, 0.1) is 12.1 Å². The van der Waals surface area contributed by atoms with E-state index >= 15 is 0 Å². The van der Waals surface area contributed by atoms with Gasteiger partial charge in [-0.05, 0) is 38.5 Å². The number of hydrogen-bond donors (Lipinski definition) is 1. The summed E-state index contributed by atoms with van der Waals surface area (Å²) >= 11 is 0. The first kappa shape index (κ1) is 14.6. The van der Waals surface area contributed by atoms with Gasteiger partial charge in [0.1, 0.15) is 0 Å². The maximum Gasteiger partial charge on any atom is 0.243 e. The lowest BCUT2D eigenvalue weighted by Gasteiger charge is -2.38. The molecular formula is C13H22ClN3O2. The molecule has 0 aromatic heterocycles. The number of carbonyl (C=O) groups excluding carboxylic acids is 2. The number of rotatable bonds is 3. The van der Waals surface area contributed by atoms with Crippen LogP contribution in [-0.4, -0.2) is 52.8 Å². The predicted molar refractivity (Wildman–Crippen MR) is 73.9 cm³/mol. The van der Waals surface area contributed by atoms with E-state index in [1.807, 2.05) is 11.8 Å². The van der Waals surface area contributed by atoms with Crippen molar-refractivity contribution in [1.82, 2.24) is 9.80 Å². The minimum atomic E-state index is -0.776. The van der Waals surface area contributed by atoms with Crippen LogP contribution in [0.3, 0.4) is 0 Å². The monoisotopic (exact) mass is 287 g/mol. The van der Waals surface area contributed by atoms with Gasteiger partial charge < -0.3 is 15.5 Å². The summed E-state index contributed by atoms with van der Waals surface area (Å²) in [5.41, 5.74) is 5.36.